The number of rotatable bonds is 0. The number of nitrogen functional groups attached to an aromatic ring is 1. The third kappa shape index (κ3) is 1.71. The van der Waals surface area contributed by atoms with Gasteiger partial charge in [0, 0.05) is 16.8 Å². The van der Waals surface area contributed by atoms with Crippen LogP contribution in [-0.4, -0.2) is 10.1 Å². The molecule has 1 aliphatic rings. The molecule has 88 valence electrons. The molecular formula is C14H16N2O. The van der Waals surface area contributed by atoms with E-state index in [0.29, 0.717) is 0 Å². The maximum Gasteiger partial charge on any atom is 0.116 e. The molecule has 3 rings (SSSR count). The van der Waals surface area contributed by atoms with Crippen molar-refractivity contribution < 1.29 is 5.11 Å². The van der Waals surface area contributed by atoms with Gasteiger partial charge in [-0.3, -0.25) is 4.98 Å². The molecular weight excluding hydrogens is 212 g/mol. The summed E-state index contributed by atoms with van der Waals surface area (Å²) in [5, 5.41) is 10.4. The van der Waals surface area contributed by atoms with Crippen LogP contribution >= 0.6 is 0 Å². The van der Waals surface area contributed by atoms with Gasteiger partial charge in [-0.2, -0.15) is 0 Å². The van der Waals surface area contributed by atoms with Gasteiger partial charge < -0.3 is 10.8 Å². The Balaban J connectivity index is 2.29. The molecule has 0 radical (unpaired) electrons. The zero-order valence-corrected chi connectivity index (χ0v) is 9.74. The summed E-state index contributed by atoms with van der Waals surface area (Å²) in [6.45, 7) is 0. The summed E-state index contributed by atoms with van der Waals surface area (Å²) in [6.07, 6.45) is 5.67. The number of nitrogens with two attached hydrogens (primary N) is 1. The fourth-order valence-electron chi connectivity index (χ4n) is 2.62. The summed E-state index contributed by atoms with van der Waals surface area (Å²) in [6, 6.07) is 5.22. The summed E-state index contributed by atoms with van der Waals surface area (Å²) in [4.78, 5) is 4.69. The number of aromatic hydroxyl groups is 1. The second-order valence-corrected chi connectivity index (χ2v) is 4.71. The molecule has 3 nitrogen and oxygen atoms in total. The molecule has 0 saturated carbocycles. The lowest BCUT2D eigenvalue weighted by Gasteiger charge is -2.12. The van der Waals surface area contributed by atoms with Crippen LogP contribution < -0.4 is 5.73 Å². The Hall–Kier alpha value is -1.77. The average Bonchev–Trinajstić information content (AvgIpc) is 2.56. The Morgan fingerprint density at radius 2 is 1.94 bits per heavy atom. The van der Waals surface area contributed by atoms with Gasteiger partial charge in [-0.15, -0.1) is 0 Å². The minimum Gasteiger partial charge on any atom is -0.508 e. The lowest BCUT2D eigenvalue weighted by molar-refractivity contribution is 0.476. The van der Waals surface area contributed by atoms with Gasteiger partial charge in [-0.1, -0.05) is 6.42 Å². The molecule has 1 heterocycles. The van der Waals surface area contributed by atoms with E-state index in [9.17, 15) is 5.11 Å². The molecule has 17 heavy (non-hydrogen) atoms. The maximum atomic E-state index is 9.53. The second-order valence-electron chi connectivity index (χ2n) is 4.71. The predicted octanol–water partition coefficient (Wildman–Crippen LogP) is 2.79. The van der Waals surface area contributed by atoms with E-state index in [0.717, 1.165) is 35.1 Å². The fourth-order valence-corrected chi connectivity index (χ4v) is 2.62. The largest absolute Gasteiger partial charge is 0.508 e. The molecule has 0 amide bonds. The van der Waals surface area contributed by atoms with Crippen molar-refractivity contribution in [3.8, 4) is 5.75 Å². The molecule has 0 aliphatic heterocycles. The Kier molecular flexibility index (Phi) is 2.39. The molecule has 1 aromatic carbocycles. The van der Waals surface area contributed by atoms with Crippen LogP contribution in [0.5, 0.6) is 5.75 Å². The Labute approximate surface area is 100 Å². The van der Waals surface area contributed by atoms with E-state index in [1.54, 1.807) is 12.1 Å². The monoisotopic (exact) mass is 228 g/mol. The highest BCUT2D eigenvalue weighted by Crippen LogP contribution is 2.32. The van der Waals surface area contributed by atoms with Crippen LogP contribution in [0.3, 0.4) is 0 Å². The molecule has 3 heteroatoms. The number of phenolic OH excluding ortho intramolecular Hbond substituents is 1. The number of phenols is 1. The first-order valence-corrected chi connectivity index (χ1v) is 6.15. The predicted molar refractivity (Wildman–Crippen MR) is 69.1 cm³/mol. The van der Waals surface area contributed by atoms with Crippen LogP contribution in [0.1, 0.15) is 30.5 Å². The van der Waals surface area contributed by atoms with Gasteiger partial charge in [0.05, 0.1) is 5.52 Å². The van der Waals surface area contributed by atoms with Crippen LogP contribution in [0, 0.1) is 0 Å². The molecule has 1 aromatic heterocycles. The van der Waals surface area contributed by atoms with Gasteiger partial charge in [0.1, 0.15) is 5.75 Å². The lowest BCUT2D eigenvalue weighted by Crippen LogP contribution is -2.02. The molecule has 0 bridgehead atoms. The fraction of sp³-hybridized carbons (Fsp3) is 0.357. The summed E-state index contributed by atoms with van der Waals surface area (Å²) in [5.74, 6) is 0.250. The third-order valence-corrected chi connectivity index (χ3v) is 3.54. The highest BCUT2D eigenvalue weighted by atomic mass is 16.3. The minimum atomic E-state index is 0.250. The zero-order chi connectivity index (χ0) is 11.8. The maximum absolute atomic E-state index is 9.53. The topological polar surface area (TPSA) is 59.1 Å². The van der Waals surface area contributed by atoms with Crippen molar-refractivity contribution in [2.45, 2.75) is 32.1 Å². The summed E-state index contributed by atoms with van der Waals surface area (Å²) in [5.41, 5.74) is 10.3. The van der Waals surface area contributed by atoms with Crippen LogP contribution in [-0.2, 0) is 12.8 Å². The molecule has 0 unspecified atom stereocenters. The molecule has 0 atom stereocenters. The first-order valence-electron chi connectivity index (χ1n) is 6.15. The summed E-state index contributed by atoms with van der Waals surface area (Å²) in [7, 11) is 0. The van der Waals surface area contributed by atoms with Gasteiger partial charge in [-0.25, -0.2) is 0 Å². The number of nitrogens with zero attached hydrogens (tertiary/aromatic N) is 1. The number of aromatic nitrogens is 1. The SMILES string of the molecule is Nc1c2c(nc3ccc(O)cc13)CCCCC2. The van der Waals surface area contributed by atoms with E-state index >= 15 is 0 Å². The minimum absolute atomic E-state index is 0.250. The number of benzene rings is 1. The van der Waals surface area contributed by atoms with Crippen LogP contribution in [0.25, 0.3) is 10.9 Å². The summed E-state index contributed by atoms with van der Waals surface area (Å²) < 4.78 is 0. The van der Waals surface area contributed by atoms with E-state index in [2.05, 4.69) is 4.98 Å². The van der Waals surface area contributed by atoms with Crippen molar-refractivity contribution in [3.05, 3.63) is 29.5 Å². The van der Waals surface area contributed by atoms with Crippen molar-refractivity contribution in [3.63, 3.8) is 0 Å². The number of hydrogen-bond acceptors (Lipinski definition) is 3. The van der Waals surface area contributed by atoms with E-state index in [1.165, 1.54) is 24.8 Å². The molecule has 2 aromatic rings. The van der Waals surface area contributed by atoms with Crippen LogP contribution in [0.2, 0.25) is 0 Å². The van der Waals surface area contributed by atoms with Crippen molar-refractivity contribution in [1.29, 1.82) is 0 Å². The van der Waals surface area contributed by atoms with E-state index in [4.69, 9.17) is 5.73 Å². The molecule has 3 N–H and O–H groups in total. The van der Waals surface area contributed by atoms with Crippen molar-refractivity contribution in [1.82, 2.24) is 4.98 Å². The number of pyridine rings is 1. The van der Waals surface area contributed by atoms with Gasteiger partial charge in [0.25, 0.3) is 0 Å². The van der Waals surface area contributed by atoms with Gasteiger partial charge in [0.2, 0.25) is 0 Å². The Morgan fingerprint density at radius 1 is 1.12 bits per heavy atom. The van der Waals surface area contributed by atoms with Gasteiger partial charge in [-0.05, 0) is 49.4 Å². The van der Waals surface area contributed by atoms with Crippen LogP contribution in [0.4, 0.5) is 5.69 Å². The number of aryl methyl sites for hydroxylation is 1. The standard InChI is InChI=1S/C14H16N2O/c15-14-10-4-2-1-3-5-12(10)16-13-7-6-9(17)8-11(13)14/h6-8,17H,1-5H2,(H2,15,16). The Morgan fingerprint density at radius 3 is 2.82 bits per heavy atom. The normalized spacial score (nSPS) is 15.5. The van der Waals surface area contributed by atoms with E-state index < -0.39 is 0 Å². The molecule has 0 spiro atoms. The molecule has 0 saturated heterocycles. The third-order valence-electron chi connectivity index (χ3n) is 3.54. The molecule has 1 aliphatic carbocycles. The zero-order valence-electron chi connectivity index (χ0n) is 9.74. The first kappa shape index (κ1) is 10.4. The molecule has 0 fully saturated rings. The highest BCUT2D eigenvalue weighted by molar-refractivity contribution is 5.93. The van der Waals surface area contributed by atoms with Gasteiger partial charge in [0.15, 0.2) is 0 Å². The lowest BCUT2D eigenvalue weighted by atomic mass is 10.0. The highest BCUT2D eigenvalue weighted by Gasteiger charge is 2.15. The average molecular weight is 228 g/mol. The number of fused-ring (bicyclic) bond motifs is 2. The summed E-state index contributed by atoms with van der Waals surface area (Å²) >= 11 is 0. The van der Waals surface area contributed by atoms with Gasteiger partial charge >= 0.3 is 0 Å². The Bertz CT molecular complexity index is 578. The smallest absolute Gasteiger partial charge is 0.116 e. The first-order chi connectivity index (χ1) is 8.25. The second kappa shape index (κ2) is 3.91. The van der Waals surface area contributed by atoms with Crippen molar-refractivity contribution in [2.24, 2.45) is 0 Å². The van der Waals surface area contributed by atoms with Crippen molar-refractivity contribution in [2.75, 3.05) is 5.73 Å². The van der Waals surface area contributed by atoms with E-state index in [1.807, 2.05) is 6.07 Å². The number of anilines is 1. The van der Waals surface area contributed by atoms with Crippen LogP contribution in [0.15, 0.2) is 18.2 Å². The quantitative estimate of drug-likeness (QED) is 0.682. The number of hydrogen-bond donors (Lipinski definition) is 2. The van der Waals surface area contributed by atoms with E-state index in [-0.39, 0.29) is 5.75 Å². The van der Waals surface area contributed by atoms with Crippen molar-refractivity contribution >= 4 is 16.6 Å².